The zero-order chi connectivity index (χ0) is 12.7. The first-order valence-corrected chi connectivity index (χ1v) is 6.40. The Morgan fingerprint density at radius 1 is 0.938 bits per heavy atom. The average molecular weight is 321 g/mol. The second kappa shape index (κ2) is 5.98. The predicted octanol–water partition coefficient (Wildman–Crippen LogP) is -0.481. The number of carbonyl (C=O) groups excluding carboxylic acids is 2. The molecule has 0 saturated heterocycles. The van der Waals surface area contributed by atoms with E-state index >= 15 is 0 Å². The topological polar surface area (TPSA) is 71.4 Å². The molecule has 0 fully saturated rings. The van der Waals surface area contributed by atoms with Crippen LogP contribution in [0.1, 0.15) is 43.0 Å². The Morgan fingerprint density at radius 2 is 1.12 bits per heavy atom. The molecule has 0 amide bonds. The Balaban J connectivity index is -0.000000980. The molecule has 90 valence electrons. The second-order valence-electron chi connectivity index (χ2n) is 5.69. The van der Waals surface area contributed by atoms with E-state index in [0.717, 1.165) is 0 Å². The van der Waals surface area contributed by atoms with Gasteiger partial charge in [0.1, 0.15) is 0 Å². The fourth-order valence-electron chi connectivity index (χ4n) is 1.00. The maximum Gasteiger partial charge on any atom is 1.00 e. The minimum absolute atomic E-state index is 0. The molecule has 0 aliphatic carbocycles. The van der Waals surface area contributed by atoms with Gasteiger partial charge in [0, 0.05) is 10.8 Å². The summed E-state index contributed by atoms with van der Waals surface area (Å²) in [7, 11) is -4.40. The van der Waals surface area contributed by atoms with Crippen LogP contribution in [0, 0.1) is 10.8 Å². The van der Waals surface area contributed by atoms with Gasteiger partial charge in [-0.2, -0.15) is 0 Å². The van der Waals surface area contributed by atoms with E-state index < -0.39 is 29.2 Å². The summed E-state index contributed by atoms with van der Waals surface area (Å²) in [6, 6.07) is 0. The fraction of sp³-hybridized carbons (Fsp3) is 0.800. The van der Waals surface area contributed by atoms with Crippen LogP contribution < -0.4 is 58.2 Å². The molecular weight excluding hydrogens is 301 g/mol. The van der Waals surface area contributed by atoms with Crippen molar-refractivity contribution >= 4 is 18.4 Å². The third-order valence-electron chi connectivity index (χ3n) is 1.83. The van der Waals surface area contributed by atoms with Crippen molar-refractivity contribution in [3.05, 3.63) is 0 Å². The Labute approximate surface area is 147 Å². The van der Waals surface area contributed by atoms with Crippen molar-refractivity contribution in [3.63, 3.8) is 0 Å². The summed E-state index contributed by atoms with van der Waals surface area (Å²) in [6.07, 6.45) is 0. The van der Waals surface area contributed by atoms with E-state index in [1.807, 2.05) is 0 Å². The largest absolute Gasteiger partial charge is 1.00 e. The number of carbonyl (C=O) groups is 2. The molecule has 16 heavy (non-hydrogen) atoms. The van der Waals surface area contributed by atoms with Crippen molar-refractivity contribution in [2.75, 3.05) is 0 Å². The first-order chi connectivity index (χ1) is 6.31. The smallest absolute Gasteiger partial charge is 1.00 e. The van der Waals surface area contributed by atoms with Crippen LogP contribution in [0.15, 0.2) is 0 Å². The zero-order valence-corrected chi connectivity index (χ0v) is 16.9. The summed E-state index contributed by atoms with van der Waals surface area (Å²) in [6.45, 7) is 9.13. The van der Waals surface area contributed by atoms with Crippen LogP contribution in [0.5, 0.6) is 0 Å². The first-order valence-electron chi connectivity index (χ1n) is 4.74. The Hall–Kier alpha value is 1.34. The van der Waals surface area contributed by atoms with Gasteiger partial charge in [-0.15, -0.1) is 0 Å². The van der Waals surface area contributed by atoms with Gasteiger partial charge in [-0.05, 0) is 0 Å². The summed E-state index contributed by atoms with van der Waals surface area (Å²) in [5.41, 5.74) is -3.72. The van der Waals surface area contributed by atoms with Crippen molar-refractivity contribution in [1.82, 2.24) is 0 Å². The molecule has 0 spiro atoms. The normalized spacial score (nSPS) is 12.9. The van der Waals surface area contributed by atoms with Crippen molar-refractivity contribution in [1.29, 1.82) is 0 Å². The third-order valence-corrected chi connectivity index (χ3v) is 4.28. The van der Waals surface area contributed by atoms with Gasteiger partial charge in [-0.1, -0.05) is 41.5 Å². The van der Waals surface area contributed by atoms with E-state index in [1.54, 1.807) is 0 Å². The van der Waals surface area contributed by atoms with Gasteiger partial charge in [0.2, 0.25) is 11.0 Å². The van der Waals surface area contributed by atoms with Crippen LogP contribution in [-0.4, -0.2) is 15.9 Å². The SMILES string of the molecule is CC(C)(C)C(=O)P(=O)(O)C(=O)C(C)(C)C.[H-].[Rb+]. The molecule has 0 bridgehead atoms. The van der Waals surface area contributed by atoms with Crippen LogP contribution >= 0.6 is 7.37 Å². The summed E-state index contributed by atoms with van der Waals surface area (Å²) in [4.78, 5) is 32.9. The van der Waals surface area contributed by atoms with Gasteiger partial charge in [-0.25, -0.2) is 0 Å². The average Bonchev–Trinajstić information content (AvgIpc) is 1.98. The molecule has 0 radical (unpaired) electrons. The van der Waals surface area contributed by atoms with Crippen LogP contribution in [0.25, 0.3) is 0 Å². The van der Waals surface area contributed by atoms with Crippen LogP contribution in [0.4, 0.5) is 0 Å². The Kier molecular flexibility index (Phi) is 7.36. The molecule has 1 N–H and O–H groups in total. The molecule has 0 aliphatic heterocycles. The zero-order valence-electron chi connectivity index (χ0n) is 12.1. The molecule has 0 aromatic rings. The molecule has 0 heterocycles. The van der Waals surface area contributed by atoms with Gasteiger partial charge in [-0.3, -0.25) is 14.2 Å². The summed E-state index contributed by atoms with van der Waals surface area (Å²) in [5, 5.41) is 0. The third kappa shape index (κ3) is 4.91. The number of hydrogen-bond donors (Lipinski definition) is 1. The molecule has 0 unspecified atom stereocenters. The van der Waals surface area contributed by atoms with E-state index in [1.165, 1.54) is 41.5 Å². The Bertz CT molecular complexity index is 311. The van der Waals surface area contributed by atoms with E-state index in [4.69, 9.17) is 0 Å². The molecule has 0 aliphatic rings. The maximum absolute atomic E-state index is 11.8. The van der Waals surface area contributed by atoms with Crippen LogP contribution in [-0.2, 0) is 14.2 Å². The van der Waals surface area contributed by atoms with Gasteiger partial charge in [0.05, 0.1) is 0 Å². The summed E-state index contributed by atoms with van der Waals surface area (Å²) in [5.74, 6) is 0. The molecule has 0 aromatic heterocycles. The van der Waals surface area contributed by atoms with Crippen LogP contribution in [0.2, 0.25) is 0 Å². The molecule has 0 atom stereocenters. The molecular formula is C10H20O4PRb. The number of hydrogen-bond acceptors (Lipinski definition) is 3. The standard InChI is InChI=1S/C10H19O4P.Rb.H/c1-9(2,3)7(11)15(13,14)8(12)10(4,5)6;;/h1-6H3,(H,13,14);;/q;+1;-1. The van der Waals surface area contributed by atoms with Gasteiger partial charge >= 0.3 is 65.6 Å². The van der Waals surface area contributed by atoms with Gasteiger partial charge in [0.25, 0.3) is 0 Å². The van der Waals surface area contributed by atoms with Crippen molar-refractivity contribution in [3.8, 4) is 0 Å². The van der Waals surface area contributed by atoms with Crippen molar-refractivity contribution in [2.24, 2.45) is 10.8 Å². The van der Waals surface area contributed by atoms with Crippen molar-refractivity contribution in [2.45, 2.75) is 41.5 Å². The minimum atomic E-state index is -4.40. The predicted molar refractivity (Wildman–Crippen MR) is 59.9 cm³/mol. The van der Waals surface area contributed by atoms with E-state index in [9.17, 15) is 19.0 Å². The first kappa shape index (κ1) is 19.7. The summed E-state index contributed by atoms with van der Waals surface area (Å²) >= 11 is 0. The molecule has 6 heteroatoms. The quantitative estimate of drug-likeness (QED) is 0.698. The monoisotopic (exact) mass is 320 g/mol. The van der Waals surface area contributed by atoms with E-state index in [2.05, 4.69) is 0 Å². The van der Waals surface area contributed by atoms with E-state index in [0.29, 0.717) is 0 Å². The fourth-order valence-corrected chi connectivity index (χ4v) is 3.00. The van der Waals surface area contributed by atoms with Gasteiger partial charge < -0.3 is 6.32 Å². The molecule has 0 rings (SSSR count). The summed E-state index contributed by atoms with van der Waals surface area (Å²) < 4.78 is 11.8. The maximum atomic E-state index is 11.8. The Morgan fingerprint density at radius 3 is 1.25 bits per heavy atom. The second-order valence-corrected chi connectivity index (χ2v) is 7.65. The molecule has 0 aromatic carbocycles. The van der Waals surface area contributed by atoms with Gasteiger partial charge in [0.15, 0.2) is 0 Å². The van der Waals surface area contributed by atoms with Crippen molar-refractivity contribution < 1.29 is 78.7 Å². The van der Waals surface area contributed by atoms with E-state index in [-0.39, 0.29) is 59.6 Å². The number of rotatable bonds is 2. The molecule has 4 nitrogen and oxygen atoms in total. The minimum Gasteiger partial charge on any atom is -1.00 e. The van der Waals surface area contributed by atoms with Crippen LogP contribution in [0.3, 0.4) is 0 Å². The molecule has 0 saturated carbocycles.